The summed E-state index contributed by atoms with van der Waals surface area (Å²) < 4.78 is 30.6. The summed E-state index contributed by atoms with van der Waals surface area (Å²) in [5, 5.41) is 3.13. The van der Waals surface area contributed by atoms with Crippen molar-refractivity contribution in [1.82, 2.24) is 4.31 Å². The number of anilines is 2. The van der Waals surface area contributed by atoms with Gasteiger partial charge in [-0.3, -0.25) is 0 Å². The predicted octanol–water partition coefficient (Wildman–Crippen LogP) is 1.77. The summed E-state index contributed by atoms with van der Waals surface area (Å²) >= 11 is 0. The molecule has 114 valence electrons. The fourth-order valence-electron chi connectivity index (χ4n) is 1.83. The van der Waals surface area contributed by atoms with Crippen LogP contribution in [0.2, 0.25) is 0 Å². The van der Waals surface area contributed by atoms with E-state index in [4.69, 9.17) is 10.2 Å². The Morgan fingerprint density at radius 1 is 1.29 bits per heavy atom. The normalized spacial score (nSPS) is 11.8. The van der Waals surface area contributed by atoms with Gasteiger partial charge in [0.15, 0.2) is 0 Å². The molecular formula is C14H19N3O3S. The second-order valence-electron chi connectivity index (χ2n) is 4.79. The Hall–Kier alpha value is -1.99. The van der Waals surface area contributed by atoms with E-state index >= 15 is 0 Å². The van der Waals surface area contributed by atoms with Crippen molar-refractivity contribution in [3.63, 3.8) is 0 Å². The fourth-order valence-corrected chi connectivity index (χ4v) is 2.76. The maximum atomic E-state index is 12.1. The van der Waals surface area contributed by atoms with Crippen molar-refractivity contribution in [2.75, 3.05) is 31.7 Å². The maximum Gasteiger partial charge on any atom is 0.242 e. The molecule has 1 aromatic carbocycles. The molecule has 0 aliphatic heterocycles. The minimum Gasteiger partial charge on any atom is -0.469 e. The first kappa shape index (κ1) is 15.4. The molecule has 0 unspecified atom stereocenters. The van der Waals surface area contributed by atoms with Crippen LogP contribution in [0.4, 0.5) is 11.4 Å². The molecule has 0 amide bonds. The first-order valence-electron chi connectivity index (χ1n) is 6.49. The SMILES string of the molecule is CN(C)S(=O)(=O)c1ccc(N)c(NCCc2ccco2)c1. The van der Waals surface area contributed by atoms with Gasteiger partial charge in [-0.05, 0) is 30.3 Å². The summed E-state index contributed by atoms with van der Waals surface area (Å²) in [4.78, 5) is 0.210. The molecule has 3 N–H and O–H groups in total. The summed E-state index contributed by atoms with van der Waals surface area (Å²) in [5.41, 5.74) is 6.98. The summed E-state index contributed by atoms with van der Waals surface area (Å²) in [5.74, 6) is 0.859. The Morgan fingerprint density at radius 2 is 2.05 bits per heavy atom. The zero-order valence-corrected chi connectivity index (χ0v) is 12.9. The summed E-state index contributed by atoms with van der Waals surface area (Å²) in [6.45, 7) is 0.600. The van der Waals surface area contributed by atoms with E-state index in [0.29, 0.717) is 24.3 Å². The second-order valence-corrected chi connectivity index (χ2v) is 6.94. The number of hydrogen-bond donors (Lipinski definition) is 2. The van der Waals surface area contributed by atoms with Crippen LogP contribution in [0, 0.1) is 0 Å². The van der Waals surface area contributed by atoms with Gasteiger partial charge in [0.1, 0.15) is 5.76 Å². The van der Waals surface area contributed by atoms with E-state index in [-0.39, 0.29) is 4.90 Å². The van der Waals surface area contributed by atoms with Crippen LogP contribution in [-0.4, -0.2) is 33.4 Å². The van der Waals surface area contributed by atoms with Crippen LogP contribution in [0.15, 0.2) is 45.9 Å². The van der Waals surface area contributed by atoms with Crippen molar-refractivity contribution in [1.29, 1.82) is 0 Å². The van der Waals surface area contributed by atoms with E-state index in [1.807, 2.05) is 12.1 Å². The molecule has 1 heterocycles. The Bertz CT molecular complexity index is 694. The van der Waals surface area contributed by atoms with Gasteiger partial charge in [-0.25, -0.2) is 12.7 Å². The van der Waals surface area contributed by atoms with Gasteiger partial charge in [0.25, 0.3) is 0 Å². The van der Waals surface area contributed by atoms with Crippen LogP contribution in [0.1, 0.15) is 5.76 Å². The van der Waals surface area contributed by atoms with Gasteiger partial charge in [-0.1, -0.05) is 0 Å². The van der Waals surface area contributed by atoms with E-state index < -0.39 is 10.0 Å². The minimum atomic E-state index is -3.47. The van der Waals surface area contributed by atoms with E-state index in [2.05, 4.69) is 5.32 Å². The molecule has 2 aromatic rings. The lowest BCUT2D eigenvalue weighted by Gasteiger charge is -2.14. The van der Waals surface area contributed by atoms with Gasteiger partial charge < -0.3 is 15.5 Å². The molecule has 0 radical (unpaired) electrons. The van der Waals surface area contributed by atoms with E-state index in [1.165, 1.54) is 24.5 Å². The van der Waals surface area contributed by atoms with Crippen LogP contribution in [0.3, 0.4) is 0 Å². The topological polar surface area (TPSA) is 88.6 Å². The standard InChI is InChI=1S/C14H19N3O3S/c1-17(2)21(18,19)12-5-6-13(15)14(10-12)16-8-7-11-4-3-9-20-11/h3-6,9-10,16H,7-8,15H2,1-2H3. The number of sulfonamides is 1. The maximum absolute atomic E-state index is 12.1. The van der Waals surface area contributed by atoms with Crippen LogP contribution in [0.5, 0.6) is 0 Å². The molecule has 0 aliphatic carbocycles. The van der Waals surface area contributed by atoms with E-state index in [1.54, 1.807) is 18.4 Å². The van der Waals surface area contributed by atoms with Crippen molar-refractivity contribution in [2.45, 2.75) is 11.3 Å². The minimum absolute atomic E-state index is 0.210. The fraction of sp³-hybridized carbons (Fsp3) is 0.286. The highest BCUT2D eigenvalue weighted by Crippen LogP contribution is 2.24. The highest BCUT2D eigenvalue weighted by Gasteiger charge is 2.18. The lowest BCUT2D eigenvalue weighted by molar-refractivity contribution is 0.513. The van der Waals surface area contributed by atoms with Gasteiger partial charge in [0.05, 0.1) is 22.5 Å². The summed E-state index contributed by atoms with van der Waals surface area (Å²) in [7, 11) is -0.474. The molecular weight excluding hydrogens is 290 g/mol. The Labute approximate surface area is 124 Å². The quantitative estimate of drug-likeness (QED) is 0.794. The Morgan fingerprint density at radius 3 is 2.67 bits per heavy atom. The number of furan rings is 1. The molecule has 0 saturated heterocycles. The molecule has 0 fully saturated rings. The largest absolute Gasteiger partial charge is 0.469 e. The van der Waals surface area contributed by atoms with E-state index in [0.717, 1.165) is 5.76 Å². The molecule has 1 aromatic heterocycles. The number of benzene rings is 1. The zero-order valence-electron chi connectivity index (χ0n) is 12.0. The molecule has 21 heavy (non-hydrogen) atoms. The van der Waals surface area contributed by atoms with Crippen LogP contribution in [-0.2, 0) is 16.4 Å². The molecule has 2 rings (SSSR count). The van der Waals surface area contributed by atoms with Crippen molar-refractivity contribution >= 4 is 21.4 Å². The zero-order chi connectivity index (χ0) is 15.5. The number of hydrogen-bond acceptors (Lipinski definition) is 5. The smallest absolute Gasteiger partial charge is 0.242 e. The van der Waals surface area contributed by atoms with Gasteiger partial charge in [-0.15, -0.1) is 0 Å². The molecule has 0 saturated carbocycles. The number of nitrogens with one attached hydrogen (secondary N) is 1. The van der Waals surface area contributed by atoms with Gasteiger partial charge in [0, 0.05) is 27.1 Å². The first-order chi connectivity index (χ1) is 9.91. The average molecular weight is 309 g/mol. The third kappa shape index (κ3) is 3.56. The number of nitrogens with zero attached hydrogens (tertiary/aromatic N) is 1. The first-order valence-corrected chi connectivity index (χ1v) is 7.93. The summed E-state index contributed by atoms with van der Waals surface area (Å²) in [6, 6.07) is 8.35. The van der Waals surface area contributed by atoms with Crippen LogP contribution >= 0.6 is 0 Å². The monoisotopic (exact) mass is 309 g/mol. The van der Waals surface area contributed by atoms with Gasteiger partial charge in [0.2, 0.25) is 10.0 Å². The average Bonchev–Trinajstić information content (AvgIpc) is 2.93. The predicted molar refractivity (Wildman–Crippen MR) is 82.6 cm³/mol. The van der Waals surface area contributed by atoms with Crippen LogP contribution in [0.25, 0.3) is 0 Å². The molecule has 0 aliphatic rings. The van der Waals surface area contributed by atoms with E-state index in [9.17, 15) is 8.42 Å². The van der Waals surface area contributed by atoms with Crippen molar-refractivity contribution in [3.8, 4) is 0 Å². The molecule has 6 nitrogen and oxygen atoms in total. The molecule has 0 bridgehead atoms. The highest BCUT2D eigenvalue weighted by atomic mass is 32.2. The van der Waals surface area contributed by atoms with Gasteiger partial charge >= 0.3 is 0 Å². The Balaban J connectivity index is 2.12. The van der Waals surface area contributed by atoms with Crippen molar-refractivity contribution < 1.29 is 12.8 Å². The summed E-state index contributed by atoms with van der Waals surface area (Å²) in [6.07, 6.45) is 2.31. The molecule has 0 atom stereocenters. The molecule has 0 spiro atoms. The highest BCUT2D eigenvalue weighted by molar-refractivity contribution is 7.89. The second kappa shape index (κ2) is 6.19. The third-order valence-corrected chi connectivity index (χ3v) is 4.88. The van der Waals surface area contributed by atoms with Crippen molar-refractivity contribution in [2.24, 2.45) is 0 Å². The molecule has 7 heteroatoms. The third-order valence-electron chi connectivity index (χ3n) is 3.07. The lowest BCUT2D eigenvalue weighted by atomic mass is 10.2. The van der Waals surface area contributed by atoms with Crippen molar-refractivity contribution in [3.05, 3.63) is 42.4 Å². The number of nitrogen functional groups attached to an aromatic ring is 1. The number of rotatable bonds is 6. The number of nitrogens with two attached hydrogens (primary N) is 1. The van der Waals surface area contributed by atoms with Crippen LogP contribution < -0.4 is 11.1 Å². The van der Waals surface area contributed by atoms with Gasteiger partial charge in [-0.2, -0.15) is 0 Å². The Kier molecular flexibility index (Phi) is 4.54. The lowest BCUT2D eigenvalue weighted by Crippen LogP contribution is -2.22.